The van der Waals surface area contributed by atoms with Crippen LogP contribution in [0.5, 0.6) is 5.75 Å². The Morgan fingerprint density at radius 3 is 2.79 bits per heavy atom. The predicted molar refractivity (Wildman–Crippen MR) is 66.4 cm³/mol. The van der Waals surface area contributed by atoms with E-state index in [1.54, 1.807) is 19.1 Å². The van der Waals surface area contributed by atoms with Crippen molar-refractivity contribution in [3.8, 4) is 5.75 Å². The van der Waals surface area contributed by atoms with Gasteiger partial charge in [0.05, 0.1) is 12.1 Å². The van der Waals surface area contributed by atoms with Crippen LogP contribution in [0.1, 0.15) is 30.1 Å². The highest BCUT2D eigenvalue weighted by Crippen LogP contribution is 2.30. The highest BCUT2D eigenvalue weighted by Gasteiger charge is 2.24. The van der Waals surface area contributed by atoms with Gasteiger partial charge in [-0.25, -0.2) is 0 Å². The third-order valence-corrected chi connectivity index (χ3v) is 2.80. The molecule has 1 aliphatic heterocycles. The van der Waals surface area contributed by atoms with Crippen molar-refractivity contribution >= 4 is 23.3 Å². The Labute approximate surface area is 109 Å². The summed E-state index contributed by atoms with van der Waals surface area (Å²) in [5, 5.41) is 11.2. The van der Waals surface area contributed by atoms with Crippen LogP contribution in [-0.2, 0) is 9.59 Å². The minimum atomic E-state index is -1.02. The lowest BCUT2D eigenvalue weighted by Crippen LogP contribution is -2.34. The van der Waals surface area contributed by atoms with Gasteiger partial charge in [0.25, 0.3) is 5.91 Å². The Bertz CT molecular complexity index is 552. The summed E-state index contributed by atoms with van der Waals surface area (Å²) < 4.78 is 5.36. The van der Waals surface area contributed by atoms with Crippen LogP contribution < -0.4 is 10.1 Å². The first-order valence-corrected chi connectivity index (χ1v) is 5.84. The molecule has 1 heterocycles. The van der Waals surface area contributed by atoms with Crippen LogP contribution >= 0.6 is 0 Å². The lowest BCUT2D eigenvalue weighted by molar-refractivity contribution is -0.137. The van der Waals surface area contributed by atoms with Crippen molar-refractivity contribution in [1.29, 1.82) is 0 Å². The van der Waals surface area contributed by atoms with E-state index in [4.69, 9.17) is 9.84 Å². The van der Waals surface area contributed by atoms with Crippen LogP contribution in [0.2, 0.25) is 0 Å². The second kappa shape index (κ2) is 5.09. The van der Waals surface area contributed by atoms with E-state index in [1.165, 1.54) is 6.07 Å². The highest BCUT2D eigenvalue weighted by molar-refractivity contribution is 6.02. The summed E-state index contributed by atoms with van der Waals surface area (Å²) in [7, 11) is 0. The third-order valence-electron chi connectivity index (χ3n) is 2.80. The molecule has 6 heteroatoms. The maximum absolute atomic E-state index is 11.8. The van der Waals surface area contributed by atoms with Gasteiger partial charge in [0.2, 0.25) is 0 Å². The molecule has 1 amide bonds. The van der Waals surface area contributed by atoms with Gasteiger partial charge < -0.3 is 15.2 Å². The third kappa shape index (κ3) is 2.90. The van der Waals surface area contributed by atoms with Gasteiger partial charge in [-0.15, -0.1) is 0 Å². The summed E-state index contributed by atoms with van der Waals surface area (Å²) in [4.78, 5) is 33.6. The molecule has 19 heavy (non-hydrogen) atoms. The van der Waals surface area contributed by atoms with E-state index in [0.717, 1.165) is 0 Å². The van der Waals surface area contributed by atoms with Crippen LogP contribution in [0.15, 0.2) is 18.2 Å². The zero-order valence-electron chi connectivity index (χ0n) is 10.3. The first-order chi connectivity index (χ1) is 8.97. The molecule has 1 aliphatic rings. The summed E-state index contributed by atoms with van der Waals surface area (Å²) in [6.45, 7) is 1.63. The molecule has 1 atom stereocenters. The number of ketones is 1. The molecular formula is C13H13NO5. The number of hydrogen-bond acceptors (Lipinski definition) is 4. The smallest absolute Gasteiger partial charge is 0.303 e. The van der Waals surface area contributed by atoms with Crippen LogP contribution in [0, 0.1) is 0 Å². The largest absolute Gasteiger partial charge is 0.481 e. The van der Waals surface area contributed by atoms with Crippen LogP contribution in [0.4, 0.5) is 5.69 Å². The van der Waals surface area contributed by atoms with Crippen molar-refractivity contribution in [1.82, 2.24) is 0 Å². The highest BCUT2D eigenvalue weighted by atomic mass is 16.5. The molecule has 0 radical (unpaired) electrons. The number of benzene rings is 1. The minimum Gasteiger partial charge on any atom is -0.481 e. The Hall–Kier alpha value is -2.37. The van der Waals surface area contributed by atoms with Gasteiger partial charge >= 0.3 is 5.97 Å². The Morgan fingerprint density at radius 1 is 1.37 bits per heavy atom. The SMILES string of the molecule is C[C@@H]1Oc2ccc(C(=O)CCC(=O)O)cc2NC1=O. The van der Waals surface area contributed by atoms with Crippen LogP contribution in [-0.4, -0.2) is 28.9 Å². The Morgan fingerprint density at radius 2 is 2.11 bits per heavy atom. The molecule has 100 valence electrons. The van der Waals surface area contributed by atoms with E-state index in [-0.39, 0.29) is 24.5 Å². The molecular weight excluding hydrogens is 250 g/mol. The summed E-state index contributed by atoms with van der Waals surface area (Å²) in [5.41, 5.74) is 0.794. The van der Waals surface area contributed by atoms with Crippen molar-refractivity contribution in [2.24, 2.45) is 0 Å². The fraction of sp³-hybridized carbons (Fsp3) is 0.308. The number of amides is 1. The lowest BCUT2D eigenvalue weighted by Gasteiger charge is -2.23. The number of nitrogens with one attached hydrogen (secondary N) is 1. The number of rotatable bonds is 4. The summed E-state index contributed by atoms with van der Waals surface area (Å²) in [6.07, 6.45) is -0.851. The standard InChI is InChI=1S/C13H13NO5/c1-7-13(18)14-9-6-8(2-4-11(9)19-7)10(15)3-5-12(16)17/h2,4,6-7H,3,5H2,1H3,(H,14,18)(H,16,17)/t7-/m0/s1. The molecule has 2 rings (SSSR count). The number of fused-ring (bicyclic) bond motifs is 1. The number of anilines is 1. The van der Waals surface area contributed by atoms with Crippen molar-refractivity contribution < 1.29 is 24.2 Å². The second-order valence-corrected chi connectivity index (χ2v) is 4.28. The maximum atomic E-state index is 11.8. The molecule has 2 N–H and O–H groups in total. The normalized spacial score (nSPS) is 17.1. The molecule has 6 nitrogen and oxygen atoms in total. The quantitative estimate of drug-likeness (QED) is 0.802. The summed E-state index contributed by atoms with van der Waals surface area (Å²) in [6, 6.07) is 4.66. The fourth-order valence-corrected chi connectivity index (χ4v) is 1.75. The summed E-state index contributed by atoms with van der Waals surface area (Å²) in [5.74, 6) is -1.07. The van der Waals surface area contributed by atoms with Crippen LogP contribution in [0.25, 0.3) is 0 Å². The molecule has 1 aromatic carbocycles. The van der Waals surface area contributed by atoms with Crippen molar-refractivity contribution in [3.05, 3.63) is 23.8 Å². The lowest BCUT2D eigenvalue weighted by atomic mass is 10.0. The second-order valence-electron chi connectivity index (χ2n) is 4.28. The molecule has 0 fully saturated rings. The Balaban J connectivity index is 2.17. The number of carboxylic acid groups (broad SMARTS) is 1. The molecule has 0 aliphatic carbocycles. The van der Waals surface area contributed by atoms with E-state index < -0.39 is 12.1 Å². The number of ether oxygens (including phenoxy) is 1. The van der Waals surface area contributed by atoms with Gasteiger partial charge in [0.1, 0.15) is 5.75 Å². The first-order valence-electron chi connectivity index (χ1n) is 5.84. The molecule has 1 aromatic rings. The van der Waals surface area contributed by atoms with E-state index in [9.17, 15) is 14.4 Å². The molecule has 0 saturated heterocycles. The van der Waals surface area contributed by atoms with Gasteiger partial charge in [0, 0.05) is 12.0 Å². The van der Waals surface area contributed by atoms with Crippen molar-refractivity contribution in [2.45, 2.75) is 25.9 Å². The predicted octanol–water partition coefficient (Wildman–Crippen LogP) is 1.45. The van der Waals surface area contributed by atoms with Gasteiger partial charge in [-0.2, -0.15) is 0 Å². The van der Waals surface area contributed by atoms with E-state index in [0.29, 0.717) is 17.0 Å². The van der Waals surface area contributed by atoms with Crippen molar-refractivity contribution in [3.63, 3.8) is 0 Å². The first kappa shape index (κ1) is 13.1. The monoisotopic (exact) mass is 263 g/mol. The number of aliphatic carboxylic acids is 1. The molecule has 0 aromatic heterocycles. The van der Waals surface area contributed by atoms with Gasteiger partial charge in [-0.05, 0) is 25.1 Å². The molecule has 0 unspecified atom stereocenters. The minimum absolute atomic E-state index is 0.0701. The number of Topliss-reactive ketones (excluding diaryl/α,β-unsaturated/α-hetero) is 1. The molecule has 0 bridgehead atoms. The van der Waals surface area contributed by atoms with Gasteiger partial charge in [-0.1, -0.05) is 0 Å². The summed E-state index contributed by atoms with van der Waals surface area (Å²) >= 11 is 0. The van der Waals surface area contributed by atoms with E-state index in [2.05, 4.69) is 5.32 Å². The number of carboxylic acids is 1. The van der Waals surface area contributed by atoms with Crippen LogP contribution in [0.3, 0.4) is 0 Å². The fourth-order valence-electron chi connectivity index (χ4n) is 1.75. The number of carbonyl (C=O) groups is 3. The maximum Gasteiger partial charge on any atom is 0.303 e. The zero-order chi connectivity index (χ0) is 14.0. The average Bonchev–Trinajstić information content (AvgIpc) is 2.36. The molecule has 0 spiro atoms. The van der Waals surface area contributed by atoms with E-state index in [1.807, 2.05) is 0 Å². The van der Waals surface area contributed by atoms with Crippen molar-refractivity contribution in [2.75, 3.05) is 5.32 Å². The van der Waals surface area contributed by atoms with Gasteiger partial charge in [0.15, 0.2) is 11.9 Å². The number of hydrogen-bond donors (Lipinski definition) is 2. The van der Waals surface area contributed by atoms with Gasteiger partial charge in [-0.3, -0.25) is 14.4 Å². The Kier molecular flexibility index (Phi) is 3.50. The zero-order valence-corrected chi connectivity index (χ0v) is 10.3. The van der Waals surface area contributed by atoms with E-state index >= 15 is 0 Å². The molecule has 0 saturated carbocycles. The number of carbonyl (C=O) groups excluding carboxylic acids is 2. The average molecular weight is 263 g/mol. The topological polar surface area (TPSA) is 92.7 Å².